The molecule has 0 amide bonds. The molecule has 0 bridgehead atoms. The second kappa shape index (κ2) is 2.21. The fourth-order valence-corrected chi connectivity index (χ4v) is 2.13. The normalized spacial score (nSPS) is 37.5. The summed E-state index contributed by atoms with van der Waals surface area (Å²) >= 11 is 0. The van der Waals surface area contributed by atoms with Gasteiger partial charge in [0, 0.05) is 18.0 Å². The van der Waals surface area contributed by atoms with Gasteiger partial charge in [0.05, 0.1) is 0 Å². The minimum atomic E-state index is 0.686. The molecule has 2 heteroatoms. The van der Waals surface area contributed by atoms with Crippen molar-refractivity contribution in [3.8, 4) is 0 Å². The quantitative estimate of drug-likeness (QED) is 0.507. The molecule has 2 nitrogen and oxygen atoms in total. The first-order valence-electron chi connectivity index (χ1n) is 4.28. The Hall–Kier alpha value is -0.0800. The van der Waals surface area contributed by atoms with Crippen molar-refractivity contribution in [3.05, 3.63) is 0 Å². The summed E-state index contributed by atoms with van der Waals surface area (Å²) < 4.78 is 0. The van der Waals surface area contributed by atoms with E-state index >= 15 is 0 Å². The number of nitrogens with one attached hydrogen (secondary N) is 2. The van der Waals surface area contributed by atoms with Crippen LogP contribution in [0, 0.1) is 5.41 Å². The van der Waals surface area contributed by atoms with Crippen molar-refractivity contribution in [1.82, 2.24) is 10.6 Å². The molecule has 2 saturated heterocycles. The lowest BCUT2D eigenvalue weighted by Gasteiger charge is -2.51. The molecule has 2 N–H and O–H groups in total. The molecule has 0 radical (unpaired) electrons. The van der Waals surface area contributed by atoms with Gasteiger partial charge in [0.2, 0.25) is 0 Å². The molecule has 0 aliphatic carbocycles. The van der Waals surface area contributed by atoms with Gasteiger partial charge in [-0.05, 0) is 32.9 Å². The third-order valence-electron chi connectivity index (χ3n) is 3.28. The zero-order valence-corrected chi connectivity index (χ0v) is 6.61. The van der Waals surface area contributed by atoms with Crippen molar-refractivity contribution in [1.29, 1.82) is 0 Å². The highest BCUT2D eigenvalue weighted by molar-refractivity contribution is 5.01. The predicted octanol–water partition coefficient (Wildman–Crippen LogP) is 0.348. The maximum atomic E-state index is 3.44. The molecule has 58 valence electrons. The second-order valence-electron chi connectivity index (χ2n) is 3.71. The molecule has 1 atom stereocenters. The van der Waals surface area contributed by atoms with Gasteiger partial charge < -0.3 is 10.6 Å². The highest BCUT2D eigenvalue weighted by Crippen LogP contribution is 2.37. The van der Waals surface area contributed by atoms with Gasteiger partial charge in [-0.1, -0.05) is 0 Å². The van der Waals surface area contributed by atoms with Crippen LogP contribution in [-0.2, 0) is 0 Å². The SMILES string of the molecule is CC1NCC12CCNCC2. The maximum Gasteiger partial charge on any atom is 0.0108 e. The van der Waals surface area contributed by atoms with Gasteiger partial charge in [-0.25, -0.2) is 0 Å². The summed E-state index contributed by atoms with van der Waals surface area (Å²) in [5.41, 5.74) is 0.686. The zero-order chi connectivity index (χ0) is 7.03. The highest BCUT2D eigenvalue weighted by atomic mass is 15.1. The van der Waals surface area contributed by atoms with Gasteiger partial charge in [0.15, 0.2) is 0 Å². The molecule has 2 aliphatic rings. The average molecular weight is 140 g/mol. The molecule has 2 heterocycles. The summed E-state index contributed by atoms with van der Waals surface area (Å²) in [6.07, 6.45) is 2.75. The van der Waals surface area contributed by atoms with Crippen LogP contribution in [0.3, 0.4) is 0 Å². The lowest BCUT2D eigenvalue weighted by Crippen LogP contribution is -2.63. The molecule has 2 fully saturated rings. The van der Waals surface area contributed by atoms with E-state index in [4.69, 9.17) is 0 Å². The Balaban J connectivity index is 1.99. The van der Waals surface area contributed by atoms with Crippen LogP contribution < -0.4 is 10.6 Å². The van der Waals surface area contributed by atoms with Crippen LogP contribution in [0.1, 0.15) is 19.8 Å². The number of hydrogen-bond acceptors (Lipinski definition) is 2. The summed E-state index contributed by atoms with van der Waals surface area (Å²) in [6.45, 7) is 6.03. The first kappa shape index (κ1) is 6.62. The third kappa shape index (κ3) is 0.789. The van der Waals surface area contributed by atoms with E-state index in [-0.39, 0.29) is 0 Å². The maximum absolute atomic E-state index is 3.44. The molecule has 0 aromatic rings. The Kier molecular flexibility index (Phi) is 1.46. The molecule has 10 heavy (non-hydrogen) atoms. The average Bonchev–Trinajstić information content (AvgIpc) is 2.04. The largest absolute Gasteiger partial charge is 0.317 e. The molecule has 1 spiro atoms. The third-order valence-corrected chi connectivity index (χ3v) is 3.28. The van der Waals surface area contributed by atoms with Crippen LogP contribution >= 0.6 is 0 Å². The van der Waals surface area contributed by atoms with Gasteiger partial charge in [0.1, 0.15) is 0 Å². The Labute approximate surface area is 62.4 Å². The van der Waals surface area contributed by atoms with Crippen LogP contribution in [0.25, 0.3) is 0 Å². The van der Waals surface area contributed by atoms with Gasteiger partial charge in [-0.3, -0.25) is 0 Å². The number of rotatable bonds is 0. The van der Waals surface area contributed by atoms with E-state index in [1.165, 1.54) is 32.5 Å². The molecular formula is C8H16N2. The van der Waals surface area contributed by atoms with Gasteiger partial charge in [0.25, 0.3) is 0 Å². The van der Waals surface area contributed by atoms with E-state index in [1.54, 1.807) is 0 Å². The van der Waals surface area contributed by atoms with E-state index in [1.807, 2.05) is 0 Å². The minimum absolute atomic E-state index is 0.686. The smallest absolute Gasteiger partial charge is 0.0108 e. The standard InChI is InChI=1S/C8H16N2/c1-7-8(6-10-7)2-4-9-5-3-8/h7,9-10H,2-6H2,1H3. The lowest BCUT2D eigenvalue weighted by atomic mass is 9.68. The summed E-state index contributed by atoms with van der Waals surface area (Å²) in [7, 11) is 0. The Morgan fingerprint density at radius 2 is 2.00 bits per heavy atom. The first-order chi connectivity index (χ1) is 4.83. The zero-order valence-electron chi connectivity index (χ0n) is 6.61. The monoisotopic (exact) mass is 140 g/mol. The van der Waals surface area contributed by atoms with Crippen LogP contribution in [0.4, 0.5) is 0 Å². The molecule has 2 rings (SSSR count). The predicted molar refractivity (Wildman–Crippen MR) is 42.0 cm³/mol. The summed E-state index contributed by atoms with van der Waals surface area (Å²) in [6, 6.07) is 0.773. The van der Waals surface area contributed by atoms with E-state index in [9.17, 15) is 0 Å². The van der Waals surface area contributed by atoms with Crippen molar-refractivity contribution in [2.24, 2.45) is 5.41 Å². The van der Waals surface area contributed by atoms with Gasteiger partial charge in [-0.15, -0.1) is 0 Å². The van der Waals surface area contributed by atoms with E-state index in [0.717, 1.165) is 6.04 Å². The lowest BCUT2D eigenvalue weighted by molar-refractivity contribution is 0.0555. The summed E-state index contributed by atoms with van der Waals surface area (Å²) in [4.78, 5) is 0. The highest BCUT2D eigenvalue weighted by Gasteiger charge is 2.43. The summed E-state index contributed by atoms with van der Waals surface area (Å²) in [5, 5.41) is 6.84. The van der Waals surface area contributed by atoms with Crippen molar-refractivity contribution < 1.29 is 0 Å². The first-order valence-corrected chi connectivity index (χ1v) is 4.28. The van der Waals surface area contributed by atoms with E-state index in [2.05, 4.69) is 17.6 Å². The fraction of sp³-hybridized carbons (Fsp3) is 1.00. The second-order valence-corrected chi connectivity index (χ2v) is 3.71. The number of hydrogen-bond donors (Lipinski definition) is 2. The van der Waals surface area contributed by atoms with Gasteiger partial charge in [-0.2, -0.15) is 0 Å². The van der Waals surface area contributed by atoms with Crippen molar-refractivity contribution >= 4 is 0 Å². The topological polar surface area (TPSA) is 24.1 Å². The van der Waals surface area contributed by atoms with Crippen LogP contribution in [0.5, 0.6) is 0 Å². The minimum Gasteiger partial charge on any atom is -0.317 e. The van der Waals surface area contributed by atoms with Crippen LogP contribution in [-0.4, -0.2) is 25.7 Å². The Bertz CT molecular complexity index is 127. The fourth-order valence-electron chi connectivity index (χ4n) is 2.13. The van der Waals surface area contributed by atoms with Crippen molar-refractivity contribution in [2.45, 2.75) is 25.8 Å². The molecule has 0 saturated carbocycles. The summed E-state index contributed by atoms with van der Waals surface area (Å²) in [5.74, 6) is 0. The van der Waals surface area contributed by atoms with Crippen LogP contribution in [0.2, 0.25) is 0 Å². The number of piperidine rings is 1. The van der Waals surface area contributed by atoms with Gasteiger partial charge >= 0.3 is 0 Å². The van der Waals surface area contributed by atoms with Crippen molar-refractivity contribution in [2.75, 3.05) is 19.6 Å². The Morgan fingerprint density at radius 3 is 2.30 bits per heavy atom. The van der Waals surface area contributed by atoms with E-state index < -0.39 is 0 Å². The van der Waals surface area contributed by atoms with Crippen LogP contribution in [0.15, 0.2) is 0 Å². The molecule has 0 aromatic heterocycles. The molecule has 2 aliphatic heterocycles. The molecule has 0 aromatic carbocycles. The molecular weight excluding hydrogens is 124 g/mol. The van der Waals surface area contributed by atoms with E-state index in [0.29, 0.717) is 5.41 Å². The Morgan fingerprint density at radius 1 is 1.30 bits per heavy atom. The molecule has 1 unspecified atom stereocenters. The van der Waals surface area contributed by atoms with Crippen molar-refractivity contribution in [3.63, 3.8) is 0 Å².